The first-order chi connectivity index (χ1) is 7.58. The lowest BCUT2D eigenvalue weighted by atomic mass is 10.1. The molecule has 1 fully saturated rings. The van der Waals surface area contributed by atoms with Crippen molar-refractivity contribution in [2.45, 2.75) is 32.4 Å². The number of halogens is 2. The lowest BCUT2D eigenvalue weighted by Crippen LogP contribution is -2.30. The van der Waals surface area contributed by atoms with Gasteiger partial charge in [-0.2, -0.15) is 0 Å². The second-order valence-corrected chi connectivity index (χ2v) is 5.56. The van der Waals surface area contributed by atoms with Crippen LogP contribution in [0.15, 0.2) is 18.2 Å². The molecule has 0 aliphatic heterocycles. The molecule has 3 heteroatoms. The summed E-state index contributed by atoms with van der Waals surface area (Å²) in [6.07, 6.45) is 2.76. The van der Waals surface area contributed by atoms with E-state index < -0.39 is 0 Å². The maximum absolute atomic E-state index is 6.00. The van der Waals surface area contributed by atoms with Crippen LogP contribution in [0.5, 0.6) is 0 Å². The van der Waals surface area contributed by atoms with Crippen molar-refractivity contribution in [3.05, 3.63) is 33.8 Å². The van der Waals surface area contributed by atoms with Crippen molar-refractivity contribution in [3.8, 4) is 0 Å². The Bertz CT molecular complexity index is 374. The van der Waals surface area contributed by atoms with E-state index in [0.29, 0.717) is 16.1 Å². The molecular weight excluding hydrogens is 241 g/mol. The fraction of sp³-hybridized carbons (Fsp3) is 0.538. The Morgan fingerprint density at radius 1 is 1.31 bits per heavy atom. The smallest absolute Gasteiger partial charge is 0.0595 e. The summed E-state index contributed by atoms with van der Waals surface area (Å²) < 4.78 is 0. The second kappa shape index (κ2) is 4.95. The second-order valence-electron chi connectivity index (χ2n) is 4.74. The van der Waals surface area contributed by atoms with Gasteiger partial charge in [-0.15, -0.1) is 0 Å². The first-order valence-electron chi connectivity index (χ1n) is 5.72. The van der Waals surface area contributed by atoms with Gasteiger partial charge in [0.1, 0.15) is 0 Å². The Labute approximate surface area is 107 Å². The van der Waals surface area contributed by atoms with Gasteiger partial charge in [0.25, 0.3) is 0 Å². The van der Waals surface area contributed by atoms with Crippen molar-refractivity contribution in [2.24, 2.45) is 5.92 Å². The molecule has 16 heavy (non-hydrogen) atoms. The quantitative estimate of drug-likeness (QED) is 0.781. The highest BCUT2D eigenvalue weighted by atomic mass is 35.5. The molecule has 0 bridgehead atoms. The molecular formula is C13H17Cl2N. The molecule has 0 heterocycles. The van der Waals surface area contributed by atoms with Crippen LogP contribution in [0.4, 0.5) is 0 Å². The topological polar surface area (TPSA) is 3.24 Å². The zero-order chi connectivity index (χ0) is 11.7. The van der Waals surface area contributed by atoms with Crippen LogP contribution in [0.1, 0.15) is 25.3 Å². The molecule has 2 rings (SSSR count). The third-order valence-electron chi connectivity index (χ3n) is 3.42. The number of rotatable bonds is 4. The highest BCUT2D eigenvalue weighted by molar-refractivity contribution is 6.42. The SMILES string of the molecule is CC(C1CC1)N(C)Cc1ccc(Cl)c(Cl)c1. The van der Waals surface area contributed by atoms with Gasteiger partial charge in [-0.25, -0.2) is 0 Å². The van der Waals surface area contributed by atoms with E-state index in [0.717, 1.165) is 12.5 Å². The summed E-state index contributed by atoms with van der Waals surface area (Å²) in [4.78, 5) is 2.39. The van der Waals surface area contributed by atoms with Crippen LogP contribution in [-0.4, -0.2) is 18.0 Å². The van der Waals surface area contributed by atoms with Crippen molar-refractivity contribution >= 4 is 23.2 Å². The summed E-state index contributed by atoms with van der Waals surface area (Å²) >= 11 is 11.9. The Balaban J connectivity index is 1.99. The molecule has 1 atom stereocenters. The monoisotopic (exact) mass is 257 g/mol. The van der Waals surface area contributed by atoms with Crippen LogP contribution in [0.2, 0.25) is 10.0 Å². The fourth-order valence-electron chi connectivity index (χ4n) is 2.01. The van der Waals surface area contributed by atoms with Gasteiger partial charge in [-0.05, 0) is 50.4 Å². The van der Waals surface area contributed by atoms with Crippen molar-refractivity contribution in [1.29, 1.82) is 0 Å². The Morgan fingerprint density at radius 3 is 2.56 bits per heavy atom. The van der Waals surface area contributed by atoms with Gasteiger partial charge in [0.2, 0.25) is 0 Å². The van der Waals surface area contributed by atoms with Gasteiger partial charge < -0.3 is 0 Å². The van der Waals surface area contributed by atoms with Crippen LogP contribution in [-0.2, 0) is 6.54 Å². The lowest BCUT2D eigenvalue weighted by Gasteiger charge is -2.24. The number of hydrogen-bond donors (Lipinski definition) is 0. The van der Waals surface area contributed by atoms with E-state index in [1.807, 2.05) is 18.2 Å². The highest BCUT2D eigenvalue weighted by Gasteiger charge is 2.30. The van der Waals surface area contributed by atoms with Crippen LogP contribution in [0, 0.1) is 5.92 Å². The van der Waals surface area contributed by atoms with Crippen molar-refractivity contribution in [3.63, 3.8) is 0 Å². The molecule has 1 unspecified atom stereocenters. The summed E-state index contributed by atoms with van der Waals surface area (Å²) in [5.41, 5.74) is 1.23. The fourth-order valence-corrected chi connectivity index (χ4v) is 2.33. The van der Waals surface area contributed by atoms with Gasteiger partial charge in [0, 0.05) is 12.6 Å². The standard InChI is InChI=1S/C13H17Cl2N/c1-9(11-4-5-11)16(2)8-10-3-6-12(14)13(15)7-10/h3,6-7,9,11H,4-5,8H2,1-2H3. The van der Waals surface area contributed by atoms with E-state index in [1.165, 1.54) is 18.4 Å². The third kappa shape index (κ3) is 2.91. The molecule has 1 saturated carbocycles. The lowest BCUT2D eigenvalue weighted by molar-refractivity contribution is 0.226. The molecule has 1 aromatic carbocycles. The molecule has 1 aliphatic rings. The largest absolute Gasteiger partial charge is 0.299 e. The number of hydrogen-bond acceptors (Lipinski definition) is 1. The minimum atomic E-state index is 0.628. The zero-order valence-electron chi connectivity index (χ0n) is 9.71. The van der Waals surface area contributed by atoms with Crippen LogP contribution >= 0.6 is 23.2 Å². The summed E-state index contributed by atoms with van der Waals surface area (Å²) in [6.45, 7) is 3.24. The summed E-state index contributed by atoms with van der Waals surface area (Å²) in [7, 11) is 2.17. The molecule has 0 amide bonds. The minimum Gasteiger partial charge on any atom is -0.299 e. The van der Waals surface area contributed by atoms with E-state index in [9.17, 15) is 0 Å². The Kier molecular flexibility index (Phi) is 3.78. The predicted octanol–water partition coefficient (Wildman–Crippen LogP) is 4.22. The highest BCUT2D eigenvalue weighted by Crippen LogP contribution is 2.35. The van der Waals surface area contributed by atoms with E-state index in [2.05, 4.69) is 18.9 Å². The van der Waals surface area contributed by atoms with Gasteiger partial charge in [0.15, 0.2) is 0 Å². The average molecular weight is 258 g/mol. The zero-order valence-corrected chi connectivity index (χ0v) is 11.2. The van der Waals surface area contributed by atoms with E-state index in [1.54, 1.807) is 0 Å². The third-order valence-corrected chi connectivity index (χ3v) is 4.15. The van der Waals surface area contributed by atoms with Crippen molar-refractivity contribution in [2.75, 3.05) is 7.05 Å². The van der Waals surface area contributed by atoms with Gasteiger partial charge >= 0.3 is 0 Å². The average Bonchev–Trinajstić information content (AvgIpc) is 3.06. The van der Waals surface area contributed by atoms with Gasteiger partial charge in [0.05, 0.1) is 10.0 Å². The Morgan fingerprint density at radius 2 is 2.00 bits per heavy atom. The Hall–Kier alpha value is -0.240. The van der Waals surface area contributed by atoms with Gasteiger partial charge in [-0.1, -0.05) is 29.3 Å². The van der Waals surface area contributed by atoms with Crippen LogP contribution < -0.4 is 0 Å². The molecule has 88 valence electrons. The number of nitrogens with zero attached hydrogens (tertiary/aromatic N) is 1. The van der Waals surface area contributed by atoms with E-state index in [4.69, 9.17) is 23.2 Å². The maximum atomic E-state index is 6.00. The summed E-state index contributed by atoms with van der Waals surface area (Å²) in [6, 6.07) is 6.54. The molecule has 1 nitrogen and oxygen atoms in total. The van der Waals surface area contributed by atoms with Crippen molar-refractivity contribution < 1.29 is 0 Å². The van der Waals surface area contributed by atoms with E-state index in [-0.39, 0.29) is 0 Å². The molecule has 0 saturated heterocycles. The molecule has 1 aliphatic carbocycles. The van der Waals surface area contributed by atoms with Crippen LogP contribution in [0.25, 0.3) is 0 Å². The molecule has 0 N–H and O–H groups in total. The minimum absolute atomic E-state index is 0.628. The summed E-state index contributed by atoms with van der Waals surface area (Å²) in [5.74, 6) is 0.896. The maximum Gasteiger partial charge on any atom is 0.0595 e. The predicted molar refractivity (Wildman–Crippen MR) is 70.1 cm³/mol. The van der Waals surface area contributed by atoms with Crippen LogP contribution in [0.3, 0.4) is 0 Å². The first-order valence-corrected chi connectivity index (χ1v) is 6.47. The van der Waals surface area contributed by atoms with Crippen molar-refractivity contribution in [1.82, 2.24) is 4.90 Å². The summed E-state index contributed by atoms with van der Waals surface area (Å²) in [5, 5.41) is 1.27. The molecule has 0 radical (unpaired) electrons. The molecule has 1 aromatic rings. The first kappa shape index (κ1) is 12.2. The molecule has 0 spiro atoms. The number of benzene rings is 1. The normalized spacial score (nSPS) is 17.8. The van der Waals surface area contributed by atoms with E-state index >= 15 is 0 Å². The van der Waals surface area contributed by atoms with Gasteiger partial charge in [-0.3, -0.25) is 4.90 Å². The molecule has 0 aromatic heterocycles.